The number of fused-ring (bicyclic) bond motifs is 1. The van der Waals surface area contributed by atoms with Gasteiger partial charge in [-0.25, -0.2) is 0 Å². The van der Waals surface area contributed by atoms with Crippen LogP contribution in [-0.4, -0.2) is 146 Å². The predicted molar refractivity (Wildman–Crippen MR) is 158 cm³/mol. The van der Waals surface area contributed by atoms with Gasteiger partial charge in [-0.15, -0.1) is 0 Å². The molecule has 0 spiro atoms. The fraction of sp³-hybridized carbons (Fsp3) is 0.444. The molecule has 21 heteroatoms. The molecule has 21 nitrogen and oxygen atoms in total. The molecule has 0 unspecified atom stereocenters. The van der Waals surface area contributed by atoms with E-state index in [4.69, 9.17) is 23.4 Å². The quantitative estimate of drug-likeness (QED) is 0.107. The number of aliphatic hydroxyl groups excluding tert-OH is 6. The van der Waals surface area contributed by atoms with Crippen LogP contribution in [0.25, 0.3) is 22.3 Å². The van der Waals surface area contributed by atoms with Crippen LogP contribution < -0.4 is 10.2 Å². The maximum Gasteiger partial charge on any atom is 0.239 e. The first-order chi connectivity index (χ1) is 20.3. The van der Waals surface area contributed by atoms with Crippen molar-refractivity contribution < 1.29 is 102 Å². The molecule has 0 bridgehead atoms. The lowest BCUT2D eigenvalue weighted by atomic mass is 9.98. The van der Waals surface area contributed by atoms with Gasteiger partial charge in [0.1, 0.15) is 65.2 Å². The molecule has 2 aliphatic rings. The summed E-state index contributed by atoms with van der Waals surface area (Å²) in [6, 6.07) is 5.24. The van der Waals surface area contributed by atoms with Gasteiger partial charge in [0.2, 0.25) is 17.5 Å². The molecule has 0 amide bonds. The van der Waals surface area contributed by atoms with Crippen molar-refractivity contribution in [3.05, 3.63) is 40.6 Å². The lowest BCUT2D eigenvalue weighted by Crippen LogP contribution is -2.61. The smallest absolute Gasteiger partial charge is 0.239 e. The summed E-state index contributed by atoms with van der Waals surface area (Å²) in [5.41, 5.74) is -1.35. The van der Waals surface area contributed by atoms with E-state index in [2.05, 4.69) is 0 Å². The summed E-state index contributed by atoms with van der Waals surface area (Å²) in [5.74, 6) is -3.33. The molecule has 20 N–H and O–H groups in total. The van der Waals surface area contributed by atoms with Crippen molar-refractivity contribution in [1.82, 2.24) is 0 Å². The van der Waals surface area contributed by atoms with Crippen LogP contribution in [0.4, 0.5) is 0 Å². The molecular weight excluding hydrogens is 660 g/mol. The van der Waals surface area contributed by atoms with Crippen molar-refractivity contribution in [1.29, 1.82) is 0 Å². The van der Waals surface area contributed by atoms with E-state index in [-0.39, 0.29) is 38.5 Å². The molecule has 1 aromatic heterocycles. The largest absolute Gasteiger partial charge is 0.508 e. The van der Waals surface area contributed by atoms with Gasteiger partial charge in [0.05, 0.1) is 12.7 Å². The standard InChI is InChI=1S/C27H30O16.5H2O/c1-8-17(32)20(35)22(37)26(40-8)39-7-15-18(33)21(36)23(38)27(42-15)43-25-19(34)16-13(31)5-10(28)6-14(16)41-24(25)9-2-3-11(29)12(30)4-9;;;;;/h2-6,8,15,17-18,20-23,26-33,35-38H,7H2,1H3;5*1H2/t8-,15+,17-,18+,20+,21-,22+,23+,26+,27-;;;;;/m0...../s1. The van der Waals surface area contributed by atoms with Crippen LogP contribution in [0.5, 0.6) is 28.7 Å². The summed E-state index contributed by atoms with van der Waals surface area (Å²) in [5, 5.41) is 101. The topological polar surface area (TPSA) is 427 Å². The zero-order chi connectivity index (χ0) is 31.3. The Bertz CT molecular complexity index is 1550. The maximum absolute atomic E-state index is 13.6. The van der Waals surface area contributed by atoms with Crippen LogP contribution in [0.1, 0.15) is 6.92 Å². The van der Waals surface area contributed by atoms with E-state index in [1.54, 1.807) is 0 Å². The highest BCUT2D eigenvalue weighted by atomic mass is 16.7. The fourth-order valence-corrected chi connectivity index (χ4v) is 4.84. The SMILES string of the molecule is C[C@@H]1O[C@@H](OC[C@H]2O[C@@H](Oc3c(-c4ccc(O)c(O)c4)oc4cc(O)cc(O)c4c3=O)[C@H](O)[C@@H](O)[C@@H]2O)[C@H](O)[C@H](O)[C@H]1O.O.O.O.O.O. The van der Waals surface area contributed by atoms with Gasteiger partial charge < -0.3 is 102 Å². The average Bonchev–Trinajstić information content (AvgIpc) is 2.96. The summed E-state index contributed by atoms with van der Waals surface area (Å²) < 4.78 is 27.8. The minimum atomic E-state index is -1.97. The Labute approximate surface area is 268 Å². The summed E-state index contributed by atoms with van der Waals surface area (Å²) >= 11 is 0. The van der Waals surface area contributed by atoms with Crippen LogP contribution in [0, 0.1) is 0 Å². The molecule has 2 fully saturated rings. The molecular formula is C27H40O21. The highest BCUT2D eigenvalue weighted by molar-refractivity contribution is 5.88. The van der Waals surface area contributed by atoms with Gasteiger partial charge >= 0.3 is 0 Å². The molecule has 3 heterocycles. The van der Waals surface area contributed by atoms with Crippen LogP contribution in [-0.2, 0) is 14.2 Å². The average molecular weight is 701 g/mol. The number of aromatic hydroxyl groups is 4. The third-order valence-corrected chi connectivity index (χ3v) is 7.29. The molecule has 3 aromatic rings. The number of rotatable bonds is 6. The molecule has 0 radical (unpaired) electrons. The zero-order valence-electron chi connectivity index (χ0n) is 24.8. The second kappa shape index (κ2) is 17.0. The summed E-state index contributed by atoms with van der Waals surface area (Å²) in [6.07, 6.45) is -16.2. The van der Waals surface area contributed by atoms with E-state index in [9.17, 15) is 55.9 Å². The van der Waals surface area contributed by atoms with Crippen LogP contribution in [0.15, 0.2) is 39.5 Å². The number of benzene rings is 2. The third-order valence-electron chi connectivity index (χ3n) is 7.29. The summed E-state index contributed by atoms with van der Waals surface area (Å²) in [7, 11) is 0. The maximum atomic E-state index is 13.6. The Balaban J connectivity index is 0.00000442. The van der Waals surface area contributed by atoms with Gasteiger partial charge in [-0.3, -0.25) is 4.79 Å². The third kappa shape index (κ3) is 8.03. The van der Waals surface area contributed by atoms with Gasteiger partial charge in [-0.2, -0.15) is 0 Å². The number of aliphatic hydroxyl groups is 6. The lowest BCUT2D eigenvalue weighted by molar-refractivity contribution is -0.318. The predicted octanol–water partition coefficient (Wildman–Crippen LogP) is -5.81. The first-order valence-corrected chi connectivity index (χ1v) is 13.0. The van der Waals surface area contributed by atoms with Crippen LogP contribution >= 0.6 is 0 Å². The molecule has 2 aliphatic heterocycles. The second-order valence-corrected chi connectivity index (χ2v) is 10.3. The molecule has 5 rings (SSSR count). The molecule has 2 saturated heterocycles. The molecule has 2 aromatic carbocycles. The second-order valence-electron chi connectivity index (χ2n) is 10.3. The zero-order valence-corrected chi connectivity index (χ0v) is 24.8. The minimum Gasteiger partial charge on any atom is -0.508 e. The Kier molecular flexibility index (Phi) is 15.6. The van der Waals surface area contributed by atoms with E-state index in [0.29, 0.717) is 0 Å². The van der Waals surface area contributed by atoms with Crippen molar-refractivity contribution in [2.24, 2.45) is 0 Å². The molecule has 48 heavy (non-hydrogen) atoms. The molecule has 0 aliphatic carbocycles. The van der Waals surface area contributed by atoms with Crippen LogP contribution in [0.3, 0.4) is 0 Å². The van der Waals surface area contributed by atoms with Crippen molar-refractivity contribution in [2.75, 3.05) is 6.61 Å². The number of phenols is 4. The molecule has 274 valence electrons. The number of hydrogen-bond donors (Lipinski definition) is 10. The van der Waals surface area contributed by atoms with Crippen molar-refractivity contribution in [2.45, 2.75) is 68.3 Å². The monoisotopic (exact) mass is 700 g/mol. The van der Waals surface area contributed by atoms with Gasteiger partial charge in [0.25, 0.3) is 0 Å². The van der Waals surface area contributed by atoms with E-state index in [0.717, 1.165) is 24.3 Å². The lowest BCUT2D eigenvalue weighted by Gasteiger charge is -2.42. The van der Waals surface area contributed by atoms with Crippen molar-refractivity contribution >= 4 is 11.0 Å². The first-order valence-electron chi connectivity index (χ1n) is 13.0. The fourth-order valence-electron chi connectivity index (χ4n) is 4.84. The highest BCUT2D eigenvalue weighted by Crippen LogP contribution is 2.39. The van der Waals surface area contributed by atoms with Crippen LogP contribution in [0.2, 0.25) is 0 Å². The molecule has 10 atom stereocenters. The Morgan fingerprint density at radius 1 is 0.688 bits per heavy atom. The Morgan fingerprint density at radius 2 is 1.29 bits per heavy atom. The van der Waals surface area contributed by atoms with Crippen molar-refractivity contribution in [3.63, 3.8) is 0 Å². The van der Waals surface area contributed by atoms with Gasteiger partial charge in [-0.05, 0) is 25.1 Å². The first kappa shape index (κ1) is 44.1. The number of ether oxygens (including phenoxy) is 4. The Hall–Kier alpha value is -3.91. The molecule has 0 saturated carbocycles. The summed E-state index contributed by atoms with van der Waals surface area (Å²) in [6.45, 7) is 0.818. The van der Waals surface area contributed by atoms with Gasteiger partial charge in [-0.1, -0.05) is 0 Å². The Morgan fingerprint density at radius 3 is 1.92 bits per heavy atom. The minimum absolute atomic E-state index is 0. The van der Waals surface area contributed by atoms with Gasteiger partial charge in [0.15, 0.2) is 23.5 Å². The highest BCUT2D eigenvalue weighted by Gasteiger charge is 2.47. The number of hydrogen-bond acceptors (Lipinski definition) is 16. The van der Waals surface area contributed by atoms with Gasteiger partial charge in [0, 0.05) is 17.7 Å². The van der Waals surface area contributed by atoms with E-state index >= 15 is 0 Å². The van der Waals surface area contributed by atoms with E-state index < -0.39 is 113 Å². The number of phenolic OH excluding ortho intramolecular Hbond substituents is 4. The van der Waals surface area contributed by atoms with E-state index in [1.165, 1.54) is 13.0 Å². The summed E-state index contributed by atoms with van der Waals surface area (Å²) in [4.78, 5) is 13.6. The van der Waals surface area contributed by atoms with Crippen molar-refractivity contribution in [3.8, 4) is 40.1 Å². The normalized spacial score (nSPS) is 29.6. The van der Waals surface area contributed by atoms with E-state index in [1.807, 2.05) is 0 Å².